The molecule has 1 fully saturated rings. The molecule has 1 aliphatic carbocycles. The van der Waals surface area contributed by atoms with E-state index in [4.69, 9.17) is 9.52 Å². The molecule has 18 heavy (non-hydrogen) atoms. The Labute approximate surface area is 107 Å². The molecule has 1 aromatic heterocycles. The molecule has 1 aromatic rings. The van der Waals surface area contributed by atoms with Gasteiger partial charge in [0, 0.05) is 18.1 Å². The maximum atomic E-state index is 9.05. The van der Waals surface area contributed by atoms with Gasteiger partial charge in [0.05, 0.1) is 13.2 Å². The summed E-state index contributed by atoms with van der Waals surface area (Å²) in [6, 6.07) is 0.985. The summed E-state index contributed by atoms with van der Waals surface area (Å²) in [6.45, 7) is 7.49. The first kappa shape index (κ1) is 13.3. The third-order valence-electron chi connectivity index (χ3n) is 2.80. The number of nitrogens with zero attached hydrogens (tertiary/aromatic N) is 3. The van der Waals surface area contributed by atoms with Gasteiger partial charge in [-0.2, -0.15) is 0 Å². The van der Waals surface area contributed by atoms with Crippen molar-refractivity contribution in [2.75, 3.05) is 18.1 Å². The van der Waals surface area contributed by atoms with Gasteiger partial charge in [-0.05, 0) is 33.6 Å². The van der Waals surface area contributed by atoms with Crippen LogP contribution in [-0.4, -0.2) is 40.0 Å². The van der Waals surface area contributed by atoms with Crippen LogP contribution >= 0.6 is 0 Å². The zero-order chi connectivity index (χ0) is 13.2. The van der Waals surface area contributed by atoms with Crippen LogP contribution in [0.4, 0.5) is 6.01 Å². The van der Waals surface area contributed by atoms with Gasteiger partial charge in [0.15, 0.2) is 0 Å². The van der Waals surface area contributed by atoms with Gasteiger partial charge >= 0.3 is 6.01 Å². The third kappa shape index (κ3) is 3.68. The Balaban J connectivity index is 1.95. The van der Waals surface area contributed by atoms with Gasteiger partial charge < -0.3 is 19.7 Å². The van der Waals surface area contributed by atoms with E-state index in [9.17, 15) is 0 Å². The smallest absolute Gasteiger partial charge is 0.318 e. The highest BCUT2D eigenvalue weighted by molar-refractivity contribution is 5.29. The highest BCUT2D eigenvalue weighted by Crippen LogP contribution is 2.30. The summed E-state index contributed by atoms with van der Waals surface area (Å²) in [5, 5.41) is 20.4. The fraction of sp³-hybridized carbons (Fsp3) is 0.833. The van der Waals surface area contributed by atoms with Crippen molar-refractivity contribution in [1.29, 1.82) is 0 Å². The molecule has 6 heteroatoms. The fourth-order valence-electron chi connectivity index (χ4n) is 1.70. The van der Waals surface area contributed by atoms with E-state index >= 15 is 0 Å². The number of nitrogens with one attached hydrogen (secondary N) is 1. The van der Waals surface area contributed by atoms with Crippen LogP contribution in [0.3, 0.4) is 0 Å². The molecule has 1 aliphatic rings. The summed E-state index contributed by atoms with van der Waals surface area (Å²) in [4.78, 5) is 1.99. The average molecular weight is 254 g/mol. The average Bonchev–Trinajstić information content (AvgIpc) is 3.01. The van der Waals surface area contributed by atoms with Crippen LogP contribution in [0.5, 0.6) is 0 Å². The summed E-state index contributed by atoms with van der Waals surface area (Å²) in [5.41, 5.74) is 0.0237. The molecule has 0 aliphatic heterocycles. The molecule has 1 saturated carbocycles. The topological polar surface area (TPSA) is 74.4 Å². The van der Waals surface area contributed by atoms with E-state index in [0.29, 0.717) is 31.0 Å². The third-order valence-corrected chi connectivity index (χ3v) is 2.80. The Morgan fingerprint density at radius 1 is 1.39 bits per heavy atom. The number of rotatable bonds is 6. The van der Waals surface area contributed by atoms with E-state index in [2.05, 4.69) is 36.3 Å². The molecular weight excluding hydrogens is 232 g/mol. The van der Waals surface area contributed by atoms with Crippen LogP contribution < -0.4 is 10.2 Å². The normalized spacial score (nSPS) is 16.0. The SMILES string of the molecule is CC(C)(C)NCc1nnc(N(CCO)C2CC2)o1. The van der Waals surface area contributed by atoms with Crippen molar-refractivity contribution in [1.82, 2.24) is 15.5 Å². The van der Waals surface area contributed by atoms with Crippen molar-refractivity contribution in [2.45, 2.75) is 51.7 Å². The number of aliphatic hydroxyl groups is 1. The first-order valence-electron chi connectivity index (χ1n) is 6.44. The van der Waals surface area contributed by atoms with Crippen LogP contribution in [0.15, 0.2) is 4.42 Å². The second kappa shape index (κ2) is 5.24. The second-order valence-corrected chi connectivity index (χ2v) is 5.73. The maximum absolute atomic E-state index is 9.05. The van der Waals surface area contributed by atoms with Gasteiger partial charge in [0.1, 0.15) is 0 Å². The zero-order valence-corrected chi connectivity index (χ0v) is 11.3. The van der Waals surface area contributed by atoms with Crippen LogP contribution in [0.1, 0.15) is 39.5 Å². The molecule has 0 saturated heterocycles. The summed E-state index contributed by atoms with van der Waals surface area (Å²) in [7, 11) is 0. The van der Waals surface area contributed by atoms with E-state index < -0.39 is 0 Å². The Kier molecular flexibility index (Phi) is 3.87. The summed E-state index contributed by atoms with van der Waals surface area (Å²) in [6.07, 6.45) is 2.27. The molecule has 102 valence electrons. The summed E-state index contributed by atoms with van der Waals surface area (Å²) in [5.74, 6) is 0.587. The van der Waals surface area contributed by atoms with E-state index in [0.717, 1.165) is 12.8 Å². The van der Waals surface area contributed by atoms with Crippen LogP contribution in [0.25, 0.3) is 0 Å². The predicted octanol–water partition coefficient (Wildman–Crippen LogP) is 0.919. The van der Waals surface area contributed by atoms with Crippen molar-refractivity contribution in [3.8, 4) is 0 Å². The molecule has 6 nitrogen and oxygen atoms in total. The molecule has 0 aromatic carbocycles. The first-order valence-corrected chi connectivity index (χ1v) is 6.44. The van der Waals surface area contributed by atoms with Gasteiger partial charge in [-0.3, -0.25) is 0 Å². The lowest BCUT2D eigenvalue weighted by molar-refractivity contribution is 0.297. The molecule has 1 heterocycles. The summed E-state index contributed by atoms with van der Waals surface area (Å²) >= 11 is 0. The molecule has 2 rings (SSSR count). The quantitative estimate of drug-likeness (QED) is 0.786. The van der Waals surface area contributed by atoms with Gasteiger partial charge in [-0.1, -0.05) is 5.10 Å². The Bertz CT molecular complexity index is 382. The van der Waals surface area contributed by atoms with Gasteiger partial charge in [-0.15, -0.1) is 5.10 Å². The number of aliphatic hydroxyl groups excluding tert-OH is 1. The van der Waals surface area contributed by atoms with Crippen molar-refractivity contribution in [3.63, 3.8) is 0 Å². The number of anilines is 1. The molecule has 0 radical (unpaired) electrons. The van der Waals surface area contributed by atoms with Crippen molar-refractivity contribution < 1.29 is 9.52 Å². The summed E-state index contributed by atoms with van der Waals surface area (Å²) < 4.78 is 5.63. The Morgan fingerprint density at radius 3 is 2.67 bits per heavy atom. The number of aromatic nitrogens is 2. The first-order chi connectivity index (χ1) is 8.49. The zero-order valence-electron chi connectivity index (χ0n) is 11.3. The minimum atomic E-state index is 0.0237. The molecule has 0 bridgehead atoms. The molecule has 2 N–H and O–H groups in total. The Hall–Kier alpha value is -1.14. The van der Waals surface area contributed by atoms with Gasteiger partial charge in [0.2, 0.25) is 5.89 Å². The van der Waals surface area contributed by atoms with E-state index in [1.165, 1.54) is 0 Å². The largest absolute Gasteiger partial charge is 0.407 e. The standard InChI is InChI=1S/C12H22N4O2/c1-12(2,3)13-8-10-14-15-11(18-10)16(6-7-17)9-4-5-9/h9,13,17H,4-8H2,1-3H3. The van der Waals surface area contributed by atoms with Crippen molar-refractivity contribution in [2.24, 2.45) is 0 Å². The molecule has 0 atom stereocenters. The lowest BCUT2D eigenvalue weighted by atomic mass is 10.1. The maximum Gasteiger partial charge on any atom is 0.318 e. The predicted molar refractivity (Wildman–Crippen MR) is 68.3 cm³/mol. The molecular formula is C12H22N4O2. The van der Waals surface area contributed by atoms with Crippen LogP contribution in [0.2, 0.25) is 0 Å². The lowest BCUT2D eigenvalue weighted by Crippen LogP contribution is -2.35. The van der Waals surface area contributed by atoms with E-state index in [1.54, 1.807) is 0 Å². The highest BCUT2D eigenvalue weighted by Gasteiger charge is 2.32. The second-order valence-electron chi connectivity index (χ2n) is 5.73. The number of hydrogen-bond donors (Lipinski definition) is 2. The minimum Gasteiger partial charge on any atom is -0.407 e. The van der Waals surface area contributed by atoms with Crippen molar-refractivity contribution in [3.05, 3.63) is 5.89 Å². The Morgan fingerprint density at radius 2 is 2.11 bits per heavy atom. The fourth-order valence-corrected chi connectivity index (χ4v) is 1.70. The number of hydrogen-bond acceptors (Lipinski definition) is 6. The minimum absolute atomic E-state index is 0.0237. The monoisotopic (exact) mass is 254 g/mol. The molecule has 0 unspecified atom stereocenters. The van der Waals surface area contributed by atoms with Gasteiger partial charge in [-0.25, -0.2) is 0 Å². The van der Waals surface area contributed by atoms with E-state index in [-0.39, 0.29) is 12.1 Å². The van der Waals surface area contributed by atoms with Gasteiger partial charge in [0.25, 0.3) is 0 Å². The van der Waals surface area contributed by atoms with Crippen molar-refractivity contribution >= 4 is 6.01 Å². The molecule has 0 spiro atoms. The highest BCUT2D eigenvalue weighted by atomic mass is 16.4. The van der Waals surface area contributed by atoms with Crippen LogP contribution in [-0.2, 0) is 6.54 Å². The van der Waals surface area contributed by atoms with E-state index in [1.807, 2.05) is 4.90 Å². The molecule has 0 amide bonds. The van der Waals surface area contributed by atoms with Crippen LogP contribution in [0, 0.1) is 0 Å². The lowest BCUT2D eigenvalue weighted by Gasteiger charge is -2.19.